The van der Waals surface area contributed by atoms with E-state index in [-0.39, 0.29) is 0 Å². The lowest BCUT2D eigenvalue weighted by Gasteiger charge is -2.09. The van der Waals surface area contributed by atoms with Crippen LogP contribution < -0.4 is 0 Å². The second-order valence-corrected chi connectivity index (χ2v) is 2.26. The van der Waals surface area contributed by atoms with Gasteiger partial charge in [-0.15, -0.1) is 6.58 Å². The molecule has 0 rings (SSSR count). The largest absolute Gasteiger partial charge is 0.102 e. The van der Waals surface area contributed by atoms with Gasteiger partial charge in [0.1, 0.15) is 0 Å². The lowest BCUT2D eigenvalue weighted by molar-refractivity contribution is 0.704. The van der Waals surface area contributed by atoms with Crippen LogP contribution in [0.4, 0.5) is 0 Å². The van der Waals surface area contributed by atoms with Crippen LogP contribution in [0, 0.1) is 5.92 Å². The second-order valence-electron chi connectivity index (χ2n) is 2.26. The summed E-state index contributed by atoms with van der Waals surface area (Å²) in [6.07, 6.45) is 4.19. The molecule has 52 valence electrons. The first kappa shape index (κ1) is 8.48. The Kier molecular flexibility index (Phi) is 4.12. The maximum atomic E-state index is 3.94. The molecule has 0 aliphatic rings. The van der Waals surface area contributed by atoms with E-state index in [9.17, 15) is 0 Å². The zero-order valence-electron chi connectivity index (χ0n) is 6.48. The molecule has 0 amide bonds. The Hall–Kier alpha value is -0.520. The first-order chi connectivity index (χ1) is 4.26. The second kappa shape index (κ2) is 4.37. The molecule has 0 aromatic heterocycles. The van der Waals surface area contributed by atoms with E-state index in [4.69, 9.17) is 0 Å². The van der Waals surface area contributed by atoms with Gasteiger partial charge in [-0.2, -0.15) is 0 Å². The third kappa shape index (κ3) is 2.50. The van der Waals surface area contributed by atoms with E-state index in [1.807, 2.05) is 6.08 Å². The summed E-state index contributed by atoms with van der Waals surface area (Å²) in [5.41, 5.74) is 1.30. The highest BCUT2D eigenvalue weighted by molar-refractivity contribution is 5.06. The van der Waals surface area contributed by atoms with Gasteiger partial charge in [0, 0.05) is 0 Å². The molecule has 0 heteroatoms. The Balaban J connectivity index is 3.78. The van der Waals surface area contributed by atoms with Crippen molar-refractivity contribution in [2.24, 2.45) is 5.92 Å². The van der Waals surface area contributed by atoms with Crippen LogP contribution in [0.25, 0.3) is 0 Å². The third-order valence-electron chi connectivity index (χ3n) is 1.70. The van der Waals surface area contributed by atoms with Gasteiger partial charge in [-0.1, -0.05) is 32.1 Å². The van der Waals surface area contributed by atoms with Gasteiger partial charge in [-0.25, -0.2) is 0 Å². The molecule has 0 aliphatic carbocycles. The molecule has 0 saturated heterocycles. The fraction of sp³-hybridized carbons (Fsp3) is 0.556. The van der Waals surface area contributed by atoms with Gasteiger partial charge < -0.3 is 0 Å². The van der Waals surface area contributed by atoms with Gasteiger partial charge in [0.05, 0.1) is 0 Å². The van der Waals surface area contributed by atoms with E-state index in [0.717, 1.165) is 12.8 Å². The Bertz CT molecular complexity index is 101. The minimum absolute atomic E-state index is 0.537. The molecule has 0 fully saturated rings. The van der Waals surface area contributed by atoms with Crippen LogP contribution in [0.3, 0.4) is 0 Å². The summed E-state index contributed by atoms with van der Waals surface area (Å²) in [4.78, 5) is 0. The topological polar surface area (TPSA) is 0 Å². The predicted molar refractivity (Wildman–Crippen MR) is 43.4 cm³/mol. The molecule has 0 aromatic rings. The number of hydrogen-bond acceptors (Lipinski definition) is 0. The van der Waals surface area contributed by atoms with Crippen molar-refractivity contribution in [2.45, 2.75) is 26.7 Å². The molecule has 0 saturated carbocycles. The Morgan fingerprint density at radius 2 is 2.11 bits per heavy atom. The molecule has 0 spiro atoms. The average Bonchev–Trinajstić information content (AvgIpc) is 1.90. The van der Waals surface area contributed by atoms with Crippen molar-refractivity contribution in [1.29, 1.82) is 0 Å². The van der Waals surface area contributed by atoms with E-state index >= 15 is 0 Å². The zero-order chi connectivity index (χ0) is 7.28. The minimum atomic E-state index is 0.537. The van der Waals surface area contributed by atoms with Crippen molar-refractivity contribution in [3.63, 3.8) is 0 Å². The van der Waals surface area contributed by atoms with Crippen molar-refractivity contribution >= 4 is 0 Å². The van der Waals surface area contributed by atoms with E-state index < -0.39 is 0 Å². The van der Waals surface area contributed by atoms with E-state index in [0.29, 0.717) is 5.92 Å². The number of rotatable bonds is 4. The van der Waals surface area contributed by atoms with Crippen LogP contribution in [0.15, 0.2) is 24.8 Å². The molecule has 0 bridgehead atoms. The highest BCUT2D eigenvalue weighted by atomic mass is 14.1. The maximum Gasteiger partial charge on any atom is -0.00314 e. The van der Waals surface area contributed by atoms with E-state index in [2.05, 4.69) is 27.0 Å². The van der Waals surface area contributed by atoms with Crippen LogP contribution in [0.5, 0.6) is 0 Å². The zero-order valence-corrected chi connectivity index (χ0v) is 6.48. The number of hydrogen-bond donors (Lipinski definition) is 0. The van der Waals surface area contributed by atoms with Crippen molar-refractivity contribution in [1.82, 2.24) is 0 Å². The highest BCUT2D eigenvalue weighted by Gasteiger charge is 2.01. The average molecular weight is 124 g/mol. The smallest absolute Gasteiger partial charge is 0.00314 e. The minimum Gasteiger partial charge on any atom is -0.102 e. The molecule has 0 nitrogen and oxygen atoms in total. The Labute approximate surface area is 58.3 Å². The molecule has 0 aliphatic heterocycles. The standard InChI is InChI=1S/C9H16/c1-5-8(4)9(6-2)7-3/h6,9H,2,4-5,7H2,1,3H3. The molecular weight excluding hydrogens is 108 g/mol. The first-order valence-electron chi connectivity index (χ1n) is 3.56. The number of allylic oxidation sites excluding steroid dienone is 2. The van der Waals surface area contributed by atoms with Crippen LogP contribution in [0.2, 0.25) is 0 Å². The summed E-state index contributed by atoms with van der Waals surface area (Å²) in [7, 11) is 0. The van der Waals surface area contributed by atoms with Crippen LogP contribution in [0.1, 0.15) is 26.7 Å². The van der Waals surface area contributed by atoms with Crippen molar-refractivity contribution in [2.75, 3.05) is 0 Å². The van der Waals surface area contributed by atoms with Gasteiger partial charge in [0.25, 0.3) is 0 Å². The quantitative estimate of drug-likeness (QED) is 0.505. The highest BCUT2D eigenvalue weighted by Crippen LogP contribution is 2.16. The first-order valence-corrected chi connectivity index (χ1v) is 3.56. The molecule has 0 heterocycles. The van der Waals surface area contributed by atoms with Gasteiger partial charge in [0.2, 0.25) is 0 Å². The molecule has 9 heavy (non-hydrogen) atoms. The molecule has 1 atom stereocenters. The van der Waals surface area contributed by atoms with Gasteiger partial charge >= 0.3 is 0 Å². The third-order valence-corrected chi connectivity index (χ3v) is 1.70. The van der Waals surface area contributed by atoms with Gasteiger partial charge in [0.15, 0.2) is 0 Å². The molecule has 1 unspecified atom stereocenters. The van der Waals surface area contributed by atoms with Crippen LogP contribution in [-0.2, 0) is 0 Å². The lowest BCUT2D eigenvalue weighted by atomic mass is 9.96. The van der Waals surface area contributed by atoms with Crippen LogP contribution in [-0.4, -0.2) is 0 Å². The summed E-state index contributed by atoms with van der Waals surface area (Å²) in [5.74, 6) is 0.537. The molecular formula is C9H16. The van der Waals surface area contributed by atoms with Crippen molar-refractivity contribution in [3.05, 3.63) is 24.8 Å². The van der Waals surface area contributed by atoms with Crippen molar-refractivity contribution < 1.29 is 0 Å². The summed E-state index contributed by atoms with van der Waals surface area (Å²) in [5, 5.41) is 0. The SMILES string of the molecule is C=CC(CC)C(=C)CC. The lowest BCUT2D eigenvalue weighted by Crippen LogP contribution is -1.95. The fourth-order valence-corrected chi connectivity index (χ4v) is 0.884. The summed E-state index contributed by atoms with van der Waals surface area (Å²) >= 11 is 0. The predicted octanol–water partition coefficient (Wildman–Crippen LogP) is 3.16. The summed E-state index contributed by atoms with van der Waals surface area (Å²) < 4.78 is 0. The summed E-state index contributed by atoms with van der Waals surface area (Å²) in [6, 6.07) is 0. The van der Waals surface area contributed by atoms with Gasteiger partial charge in [-0.3, -0.25) is 0 Å². The van der Waals surface area contributed by atoms with E-state index in [1.165, 1.54) is 5.57 Å². The molecule has 0 radical (unpaired) electrons. The molecule has 0 aromatic carbocycles. The maximum absolute atomic E-state index is 3.94. The fourth-order valence-electron chi connectivity index (χ4n) is 0.884. The van der Waals surface area contributed by atoms with E-state index in [1.54, 1.807) is 0 Å². The normalized spacial score (nSPS) is 12.7. The van der Waals surface area contributed by atoms with Crippen LogP contribution >= 0.6 is 0 Å². The van der Waals surface area contributed by atoms with Gasteiger partial charge in [-0.05, 0) is 18.8 Å². The monoisotopic (exact) mass is 124 g/mol. The Morgan fingerprint density at radius 3 is 2.22 bits per heavy atom. The van der Waals surface area contributed by atoms with Crippen molar-refractivity contribution in [3.8, 4) is 0 Å². The summed E-state index contributed by atoms with van der Waals surface area (Å²) in [6.45, 7) is 12.0. The Morgan fingerprint density at radius 1 is 1.56 bits per heavy atom. The molecule has 0 N–H and O–H groups in total.